The van der Waals surface area contributed by atoms with E-state index in [0.717, 1.165) is 17.7 Å². The molecule has 1 heterocycles. The summed E-state index contributed by atoms with van der Waals surface area (Å²) in [4.78, 5) is 16.5. The molecule has 0 saturated carbocycles. The lowest BCUT2D eigenvalue weighted by molar-refractivity contribution is 0.0938. The van der Waals surface area contributed by atoms with E-state index in [2.05, 4.69) is 15.4 Å². The Balaban J connectivity index is 1.77. The van der Waals surface area contributed by atoms with Gasteiger partial charge in [0, 0.05) is 5.56 Å². The molecule has 2 aromatic carbocycles. The molecule has 128 valence electrons. The fraction of sp³-hybridized carbons (Fsp3) is 0.167. The normalized spacial score (nSPS) is 12.0. The molecule has 1 amide bonds. The number of aromatic nitrogens is 3. The third kappa shape index (κ3) is 3.88. The van der Waals surface area contributed by atoms with Gasteiger partial charge < -0.3 is 5.32 Å². The summed E-state index contributed by atoms with van der Waals surface area (Å²) in [5.41, 5.74) is 1.76. The van der Waals surface area contributed by atoms with Gasteiger partial charge in [-0.2, -0.15) is 5.10 Å². The topological polar surface area (TPSA) is 59.8 Å². The third-order valence-corrected chi connectivity index (χ3v) is 3.85. The number of rotatable bonds is 5. The highest BCUT2D eigenvalue weighted by molar-refractivity contribution is 5.95. The summed E-state index contributed by atoms with van der Waals surface area (Å²) in [7, 11) is 0. The van der Waals surface area contributed by atoms with Gasteiger partial charge in [0.1, 0.15) is 12.7 Å². The Hall–Kier alpha value is -3.09. The number of carbonyl (C=O) groups is 1. The van der Waals surface area contributed by atoms with E-state index in [1.165, 1.54) is 12.4 Å². The standard InChI is InChI=1S/C18H16F2N4O/c1-12(13-6-7-16(19)17(20)8-13)23-18(25)15-5-3-2-4-14(15)9-24-11-21-10-22-24/h2-8,10-12H,9H2,1H3,(H,23,25)/t12-/m0/s1. The summed E-state index contributed by atoms with van der Waals surface area (Å²) in [5.74, 6) is -2.15. The first-order valence-electron chi connectivity index (χ1n) is 7.70. The minimum Gasteiger partial charge on any atom is -0.346 e. The molecule has 0 fully saturated rings. The van der Waals surface area contributed by atoms with Gasteiger partial charge in [-0.3, -0.25) is 4.79 Å². The van der Waals surface area contributed by atoms with Crippen LogP contribution < -0.4 is 5.32 Å². The second kappa shape index (κ2) is 7.21. The van der Waals surface area contributed by atoms with Crippen LogP contribution in [0.3, 0.4) is 0 Å². The highest BCUT2D eigenvalue weighted by atomic mass is 19.2. The van der Waals surface area contributed by atoms with Crippen molar-refractivity contribution >= 4 is 5.91 Å². The molecular formula is C18H16F2N4O. The number of hydrogen-bond donors (Lipinski definition) is 1. The summed E-state index contributed by atoms with van der Waals surface area (Å²) in [5, 5.41) is 6.84. The van der Waals surface area contributed by atoms with Crippen molar-refractivity contribution in [3.63, 3.8) is 0 Å². The number of carbonyl (C=O) groups excluding carboxylic acids is 1. The van der Waals surface area contributed by atoms with Crippen molar-refractivity contribution in [2.75, 3.05) is 0 Å². The van der Waals surface area contributed by atoms with Crippen molar-refractivity contribution in [2.45, 2.75) is 19.5 Å². The first kappa shape index (κ1) is 16.8. The maximum atomic E-state index is 13.4. The van der Waals surface area contributed by atoms with Crippen molar-refractivity contribution in [2.24, 2.45) is 0 Å². The van der Waals surface area contributed by atoms with Crippen LogP contribution in [0, 0.1) is 11.6 Å². The number of halogens is 2. The first-order valence-corrected chi connectivity index (χ1v) is 7.70. The van der Waals surface area contributed by atoms with E-state index in [0.29, 0.717) is 17.7 Å². The van der Waals surface area contributed by atoms with Gasteiger partial charge in [-0.1, -0.05) is 24.3 Å². The molecular weight excluding hydrogens is 326 g/mol. The van der Waals surface area contributed by atoms with Gasteiger partial charge in [0.05, 0.1) is 12.6 Å². The third-order valence-electron chi connectivity index (χ3n) is 3.85. The highest BCUT2D eigenvalue weighted by Gasteiger charge is 2.16. The molecule has 25 heavy (non-hydrogen) atoms. The lowest BCUT2D eigenvalue weighted by atomic mass is 10.0. The SMILES string of the molecule is C[C@H](NC(=O)c1ccccc1Cn1cncn1)c1ccc(F)c(F)c1. The lowest BCUT2D eigenvalue weighted by Crippen LogP contribution is -2.28. The zero-order chi connectivity index (χ0) is 17.8. The molecule has 0 unspecified atom stereocenters. The Kier molecular flexibility index (Phi) is 4.83. The van der Waals surface area contributed by atoms with Crippen molar-refractivity contribution in [1.82, 2.24) is 20.1 Å². The van der Waals surface area contributed by atoms with Gasteiger partial charge in [0.15, 0.2) is 11.6 Å². The minimum atomic E-state index is -0.940. The summed E-state index contributed by atoms with van der Waals surface area (Å²) in [6, 6.07) is 10.3. The number of nitrogens with one attached hydrogen (secondary N) is 1. The van der Waals surface area contributed by atoms with Crippen LogP contribution in [-0.2, 0) is 6.54 Å². The predicted molar refractivity (Wildman–Crippen MR) is 87.8 cm³/mol. The molecule has 0 aliphatic heterocycles. The van der Waals surface area contributed by atoms with Crippen molar-refractivity contribution in [3.05, 3.63) is 83.4 Å². The van der Waals surface area contributed by atoms with Crippen LogP contribution in [0.4, 0.5) is 8.78 Å². The van der Waals surface area contributed by atoms with Crippen molar-refractivity contribution in [1.29, 1.82) is 0 Å². The fourth-order valence-corrected chi connectivity index (χ4v) is 2.51. The molecule has 1 aromatic heterocycles. The lowest BCUT2D eigenvalue weighted by Gasteiger charge is -2.16. The Morgan fingerprint density at radius 3 is 2.72 bits per heavy atom. The molecule has 0 bridgehead atoms. The van der Waals surface area contributed by atoms with Crippen molar-refractivity contribution in [3.8, 4) is 0 Å². The summed E-state index contributed by atoms with van der Waals surface area (Å²) >= 11 is 0. The van der Waals surface area contributed by atoms with Crippen LogP contribution in [0.2, 0.25) is 0 Å². The first-order chi connectivity index (χ1) is 12.0. The highest BCUT2D eigenvalue weighted by Crippen LogP contribution is 2.18. The minimum absolute atomic E-state index is 0.298. The number of amides is 1. The molecule has 0 aliphatic rings. The molecule has 1 N–H and O–H groups in total. The van der Waals surface area contributed by atoms with Gasteiger partial charge >= 0.3 is 0 Å². The van der Waals surface area contributed by atoms with E-state index in [1.54, 1.807) is 30.1 Å². The fourth-order valence-electron chi connectivity index (χ4n) is 2.51. The second-order valence-electron chi connectivity index (χ2n) is 5.62. The van der Waals surface area contributed by atoms with E-state index < -0.39 is 17.7 Å². The molecule has 3 aromatic rings. The van der Waals surface area contributed by atoms with Crippen LogP contribution in [0.5, 0.6) is 0 Å². The smallest absolute Gasteiger partial charge is 0.252 e. The van der Waals surface area contributed by atoms with E-state index in [9.17, 15) is 13.6 Å². The Bertz CT molecular complexity index is 881. The molecule has 7 heteroatoms. The predicted octanol–water partition coefficient (Wildman–Crippen LogP) is 3.10. The van der Waals surface area contributed by atoms with Crippen LogP contribution in [-0.4, -0.2) is 20.7 Å². The van der Waals surface area contributed by atoms with Crippen LogP contribution >= 0.6 is 0 Å². The van der Waals surface area contributed by atoms with E-state index in [-0.39, 0.29) is 5.91 Å². The van der Waals surface area contributed by atoms with Gasteiger partial charge in [-0.25, -0.2) is 18.4 Å². The van der Waals surface area contributed by atoms with E-state index in [4.69, 9.17) is 0 Å². The molecule has 3 rings (SSSR count). The van der Waals surface area contributed by atoms with Gasteiger partial charge in [0.25, 0.3) is 5.91 Å². The van der Waals surface area contributed by atoms with Crippen LogP contribution in [0.15, 0.2) is 55.1 Å². The number of hydrogen-bond acceptors (Lipinski definition) is 3. The van der Waals surface area contributed by atoms with Crippen LogP contribution in [0.25, 0.3) is 0 Å². The largest absolute Gasteiger partial charge is 0.346 e. The molecule has 5 nitrogen and oxygen atoms in total. The van der Waals surface area contributed by atoms with Gasteiger partial charge in [0.2, 0.25) is 0 Å². The van der Waals surface area contributed by atoms with E-state index >= 15 is 0 Å². The molecule has 1 atom stereocenters. The number of nitrogens with zero attached hydrogens (tertiary/aromatic N) is 3. The van der Waals surface area contributed by atoms with Gasteiger partial charge in [-0.15, -0.1) is 0 Å². The van der Waals surface area contributed by atoms with E-state index in [1.807, 2.05) is 12.1 Å². The zero-order valence-corrected chi connectivity index (χ0v) is 13.5. The maximum Gasteiger partial charge on any atom is 0.252 e. The summed E-state index contributed by atoms with van der Waals surface area (Å²) < 4.78 is 28.0. The molecule has 0 radical (unpaired) electrons. The average molecular weight is 342 g/mol. The van der Waals surface area contributed by atoms with Crippen LogP contribution in [0.1, 0.15) is 34.5 Å². The monoisotopic (exact) mass is 342 g/mol. The maximum absolute atomic E-state index is 13.4. The Morgan fingerprint density at radius 1 is 1.20 bits per heavy atom. The second-order valence-corrected chi connectivity index (χ2v) is 5.62. The molecule has 0 aliphatic carbocycles. The molecule has 0 saturated heterocycles. The zero-order valence-electron chi connectivity index (χ0n) is 13.5. The Morgan fingerprint density at radius 2 is 2.00 bits per heavy atom. The average Bonchev–Trinajstić information content (AvgIpc) is 3.10. The van der Waals surface area contributed by atoms with Crippen molar-refractivity contribution < 1.29 is 13.6 Å². The quantitative estimate of drug-likeness (QED) is 0.775. The number of benzene rings is 2. The summed E-state index contributed by atoms with van der Waals surface area (Å²) in [6.07, 6.45) is 2.99. The summed E-state index contributed by atoms with van der Waals surface area (Å²) in [6.45, 7) is 2.12. The molecule has 0 spiro atoms. The van der Waals surface area contributed by atoms with Gasteiger partial charge in [-0.05, 0) is 36.2 Å². The Labute approximate surface area is 143 Å².